The molecule has 0 aromatic rings. The summed E-state index contributed by atoms with van der Waals surface area (Å²) in [6.07, 6.45) is 4.36. The van der Waals surface area contributed by atoms with E-state index in [1.807, 2.05) is 0 Å². The average Bonchev–Trinajstić information content (AvgIpc) is 2.20. The van der Waals surface area contributed by atoms with E-state index in [9.17, 15) is 9.59 Å². The van der Waals surface area contributed by atoms with Crippen LogP contribution >= 0.6 is 15.9 Å². The molecule has 0 bridgehead atoms. The van der Waals surface area contributed by atoms with Gasteiger partial charge in [-0.15, -0.1) is 0 Å². The number of alkyl halides is 1. The molecule has 0 aromatic carbocycles. The molecule has 82 valence electrons. The molecular formula is C10H17BrO3. The van der Waals surface area contributed by atoms with E-state index in [-0.39, 0.29) is 6.61 Å². The van der Waals surface area contributed by atoms with E-state index in [1.165, 1.54) is 0 Å². The quantitative estimate of drug-likeness (QED) is 0.293. The third-order valence-electron chi connectivity index (χ3n) is 1.80. The molecule has 0 spiro atoms. The molecule has 3 nitrogen and oxygen atoms in total. The molecule has 0 fully saturated rings. The summed E-state index contributed by atoms with van der Waals surface area (Å²) in [4.78, 5) is 22.1. The molecule has 0 amide bonds. The van der Waals surface area contributed by atoms with E-state index in [0.717, 1.165) is 25.7 Å². The first-order valence-electron chi connectivity index (χ1n) is 4.98. The van der Waals surface area contributed by atoms with Crippen LogP contribution in [0.25, 0.3) is 0 Å². The van der Waals surface area contributed by atoms with Gasteiger partial charge in [-0.2, -0.15) is 0 Å². The van der Waals surface area contributed by atoms with Crippen LogP contribution in [-0.4, -0.2) is 23.7 Å². The standard InChI is InChI=1S/C10H17BrO3/c1-2-3-4-5-6-9(12)10(13)14-8-7-11/h2-8H2,1H3. The summed E-state index contributed by atoms with van der Waals surface area (Å²) < 4.78 is 4.67. The van der Waals surface area contributed by atoms with Gasteiger partial charge < -0.3 is 4.74 Å². The second kappa shape index (κ2) is 9.19. The highest BCUT2D eigenvalue weighted by molar-refractivity contribution is 9.09. The Hall–Kier alpha value is -0.380. The number of ketones is 1. The molecule has 0 unspecified atom stereocenters. The number of carbonyl (C=O) groups is 2. The van der Waals surface area contributed by atoms with Gasteiger partial charge in [-0.1, -0.05) is 42.1 Å². The van der Waals surface area contributed by atoms with Crippen molar-refractivity contribution in [1.82, 2.24) is 0 Å². The second-order valence-corrected chi connectivity index (χ2v) is 3.85. The Morgan fingerprint density at radius 2 is 1.93 bits per heavy atom. The topological polar surface area (TPSA) is 43.4 Å². The molecule has 0 N–H and O–H groups in total. The number of unbranched alkanes of at least 4 members (excludes halogenated alkanes) is 3. The van der Waals surface area contributed by atoms with E-state index in [4.69, 9.17) is 0 Å². The van der Waals surface area contributed by atoms with Crippen LogP contribution in [-0.2, 0) is 14.3 Å². The van der Waals surface area contributed by atoms with E-state index in [2.05, 4.69) is 27.6 Å². The Morgan fingerprint density at radius 1 is 1.21 bits per heavy atom. The number of hydrogen-bond donors (Lipinski definition) is 0. The monoisotopic (exact) mass is 264 g/mol. The van der Waals surface area contributed by atoms with Gasteiger partial charge in [0.05, 0.1) is 0 Å². The number of carbonyl (C=O) groups excluding carboxylic acids is 2. The van der Waals surface area contributed by atoms with Crippen molar-refractivity contribution in [2.45, 2.75) is 39.0 Å². The second-order valence-electron chi connectivity index (χ2n) is 3.06. The Morgan fingerprint density at radius 3 is 2.50 bits per heavy atom. The lowest BCUT2D eigenvalue weighted by atomic mass is 10.1. The minimum absolute atomic E-state index is 0.263. The summed E-state index contributed by atoms with van der Waals surface area (Å²) >= 11 is 3.11. The molecular weight excluding hydrogens is 248 g/mol. The molecule has 0 rings (SSSR count). The molecule has 0 aliphatic rings. The minimum Gasteiger partial charge on any atom is -0.459 e. The highest BCUT2D eigenvalue weighted by Gasteiger charge is 2.13. The van der Waals surface area contributed by atoms with Crippen LogP contribution in [0, 0.1) is 0 Å². The Balaban J connectivity index is 3.47. The molecule has 0 aliphatic heterocycles. The SMILES string of the molecule is CCCCCCC(=O)C(=O)OCCBr. The van der Waals surface area contributed by atoms with Gasteiger partial charge in [-0.05, 0) is 6.42 Å². The largest absolute Gasteiger partial charge is 0.459 e. The van der Waals surface area contributed by atoms with Crippen molar-refractivity contribution in [2.75, 3.05) is 11.9 Å². The first-order valence-corrected chi connectivity index (χ1v) is 6.10. The van der Waals surface area contributed by atoms with E-state index in [1.54, 1.807) is 0 Å². The molecule has 0 saturated heterocycles. The van der Waals surface area contributed by atoms with Crippen molar-refractivity contribution in [2.24, 2.45) is 0 Å². The maximum absolute atomic E-state index is 11.1. The molecule has 14 heavy (non-hydrogen) atoms. The third kappa shape index (κ3) is 7.06. The average molecular weight is 265 g/mol. The number of ether oxygens (including phenoxy) is 1. The third-order valence-corrected chi connectivity index (χ3v) is 2.12. The maximum atomic E-state index is 11.1. The number of hydrogen-bond acceptors (Lipinski definition) is 3. The fourth-order valence-electron chi connectivity index (χ4n) is 1.03. The smallest absolute Gasteiger partial charge is 0.374 e. The van der Waals surface area contributed by atoms with Crippen molar-refractivity contribution < 1.29 is 14.3 Å². The number of esters is 1. The number of rotatable bonds is 8. The van der Waals surface area contributed by atoms with Crippen LogP contribution in [0.2, 0.25) is 0 Å². The van der Waals surface area contributed by atoms with Gasteiger partial charge in [0.15, 0.2) is 0 Å². The first-order chi connectivity index (χ1) is 6.72. The zero-order valence-electron chi connectivity index (χ0n) is 8.55. The van der Waals surface area contributed by atoms with Crippen molar-refractivity contribution >= 4 is 27.7 Å². The van der Waals surface area contributed by atoms with Crippen LogP contribution < -0.4 is 0 Å². The molecule has 0 aliphatic carbocycles. The van der Waals surface area contributed by atoms with Gasteiger partial charge in [-0.25, -0.2) is 4.79 Å². The zero-order valence-corrected chi connectivity index (χ0v) is 10.1. The Labute approximate surface area is 93.3 Å². The summed E-state index contributed by atoms with van der Waals surface area (Å²) in [7, 11) is 0. The summed E-state index contributed by atoms with van der Waals surface area (Å²) in [5.41, 5.74) is 0. The maximum Gasteiger partial charge on any atom is 0.374 e. The van der Waals surface area contributed by atoms with Crippen LogP contribution in [0.15, 0.2) is 0 Å². The number of Topliss-reactive ketones (excluding diaryl/α,β-unsaturated/α-hetero) is 1. The Kier molecular flexibility index (Phi) is 8.94. The summed E-state index contributed by atoms with van der Waals surface area (Å²) in [5, 5.41) is 0.571. The van der Waals surface area contributed by atoms with Gasteiger partial charge in [0.1, 0.15) is 6.61 Å². The Bertz CT molecular complexity index is 180. The summed E-state index contributed by atoms with van der Waals surface area (Å²) in [6.45, 7) is 2.37. The van der Waals surface area contributed by atoms with Gasteiger partial charge in [-0.3, -0.25) is 4.79 Å². The van der Waals surface area contributed by atoms with Crippen molar-refractivity contribution in [3.05, 3.63) is 0 Å². The van der Waals surface area contributed by atoms with Crippen LogP contribution in [0.4, 0.5) is 0 Å². The van der Waals surface area contributed by atoms with E-state index in [0.29, 0.717) is 11.8 Å². The zero-order chi connectivity index (χ0) is 10.8. The van der Waals surface area contributed by atoms with E-state index < -0.39 is 11.8 Å². The first kappa shape index (κ1) is 13.6. The molecule has 0 heterocycles. The normalized spacial score (nSPS) is 9.86. The van der Waals surface area contributed by atoms with Gasteiger partial charge in [0.25, 0.3) is 0 Å². The van der Waals surface area contributed by atoms with Crippen molar-refractivity contribution in [1.29, 1.82) is 0 Å². The molecule has 0 atom stereocenters. The number of halogens is 1. The van der Waals surface area contributed by atoms with Gasteiger partial charge in [0, 0.05) is 11.8 Å². The molecule has 0 saturated carbocycles. The highest BCUT2D eigenvalue weighted by Crippen LogP contribution is 2.03. The fraction of sp³-hybridized carbons (Fsp3) is 0.800. The van der Waals surface area contributed by atoms with Crippen LogP contribution in [0.5, 0.6) is 0 Å². The predicted octanol–water partition coefficient (Wildman–Crippen LogP) is 2.46. The highest BCUT2D eigenvalue weighted by atomic mass is 79.9. The lowest BCUT2D eigenvalue weighted by molar-refractivity contribution is -0.153. The minimum atomic E-state index is -0.694. The van der Waals surface area contributed by atoms with Gasteiger partial charge >= 0.3 is 5.97 Å². The molecule has 0 aromatic heterocycles. The lowest BCUT2D eigenvalue weighted by Gasteiger charge is -2.01. The summed E-state index contributed by atoms with van der Waals surface area (Å²) in [6, 6.07) is 0. The molecule has 4 heteroatoms. The van der Waals surface area contributed by atoms with Crippen molar-refractivity contribution in [3.8, 4) is 0 Å². The predicted molar refractivity (Wildman–Crippen MR) is 58.5 cm³/mol. The van der Waals surface area contributed by atoms with Gasteiger partial charge in [0.2, 0.25) is 5.78 Å². The molecule has 0 radical (unpaired) electrons. The van der Waals surface area contributed by atoms with Crippen LogP contribution in [0.1, 0.15) is 39.0 Å². The lowest BCUT2D eigenvalue weighted by Crippen LogP contribution is -2.18. The fourth-order valence-corrected chi connectivity index (χ4v) is 1.19. The summed E-state index contributed by atoms with van der Waals surface area (Å²) in [5.74, 6) is -1.09. The van der Waals surface area contributed by atoms with E-state index >= 15 is 0 Å². The van der Waals surface area contributed by atoms with Crippen LogP contribution in [0.3, 0.4) is 0 Å². The van der Waals surface area contributed by atoms with Crippen molar-refractivity contribution in [3.63, 3.8) is 0 Å².